The zero-order valence-electron chi connectivity index (χ0n) is 16.2. The number of hydrogen-bond donors (Lipinski definition) is 1. The van der Waals surface area contributed by atoms with Crippen LogP contribution in [0.5, 0.6) is 0 Å². The molecule has 2 aromatic heterocycles. The molecule has 0 atom stereocenters. The van der Waals surface area contributed by atoms with Crippen molar-refractivity contribution in [2.45, 2.75) is 52.4 Å². The average Bonchev–Trinajstić information content (AvgIpc) is 3.04. The largest absolute Gasteiger partial charge is 0.476 e. The second-order valence-corrected chi connectivity index (χ2v) is 10.2. The third kappa shape index (κ3) is 2.70. The molecule has 6 heteroatoms. The van der Waals surface area contributed by atoms with Crippen LogP contribution in [0.4, 0.5) is 0 Å². The van der Waals surface area contributed by atoms with Gasteiger partial charge < -0.3 is 10.0 Å². The van der Waals surface area contributed by atoms with Crippen molar-refractivity contribution in [3.05, 3.63) is 28.0 Å². The standard InChI is InChI=1S/C20H27N3O2S/c1-19(2)10-13-16(20(3,4)11-19)26-18-21-14(17(24)25)15(23(13)18)12-6-8-22(5)9-7-12/h6H,7-11H2,1-5H3,(H,24,25). The monoisotopic (exact) mass is 373 g/mol. The molecule has 1 aliphatic carbocycles. The molecular formula is C20H27N3O2S. The highest BCUT2D eigenvalue weighted by Gasteiger charge is 2.41. The molecule has 0 spiro atoms. The lowest BCUT2D eigenvalue weighted by molar-refractivity contribution is 0.0691. The first-order chi connectivity index (χ1) is 12.1. The van der Waals surface area contributed by atoms with Crippen molar-refractivity contribution in [2.75, 3.05) is 20.1 Å². The van der Waals surface area contributed by atoms with Gasteiger partial charge in [-0.1, -0.05) is 33.8 Å². The Hall–Kier alpha value is -1.66. The summed E-state index contributed by atoms with van der Waals surface area (Å²) >= 11 is 1.68. The summed E-state index contributed by atoms with van der Waals surface area (Å²) in [7, 11) is 2.09. The molecule has 26 heavy (non-hydrogen) atoms. The van der Waals surface area contributed by atoms with Crippen LogP contribution < -0.4 is 0 Å². The molecule has 0 saturated carbocycles. The third-order valence-electron chi connectivity index (χ3n) is 5.67. The molecule has 0 aromatic carbocycles. The van der Waals surface area contributed by atoms with Gasteiger partial charge in [0.25, 0.3) is 0 Å². The normalized spacial score (nSPS) is 22.3. The second kappa shape index (κ2) is 5.67. The SMILES string of the molecule is CN1CC=C(c2c(C(=O)O)nc3sc4c(n23)CC(C)(C)CC4(C)C)CC1. The maximum absolute atomic E-state index is 11.9. The van der Waals surface area contributed by atoms with Crippen molar-refractivity contribution >= 4 is 27.8 Å². The van der Waals surface area contributed by atoms with Crippen LogP contribution in [-0.4, -0.2) is 45.5 Å². The van der Waals surface area contributed by atoms with Crippen molar-refractivity contribution < 1.29 is 9.90 Å². The Kier molecular flexibility index (Phi) is 3.87. The molecule has 0 radical (unpaired) electrons. The van der Waals surface area contributed by atoms with Crippen molar-refractivity contribution in [1.82, 2.24) is 14.3 Å². The van der Waals surface area contributed by atoms with Crippen LogP contribution in [0.3, 0.4) is 0 Å². The summed E-state index contributed by atoms with van der Waals surface area (Å²) in [6.07, 6.45) is 5.12. The van der Waals surface area contributed by atoms with Crippen molar-refractivity contribution in [2.24, 2.45) is 5.41 Å². The van der Waals surface area contributed by atoms with Crippen molar-refractivity contribution in [3.8, 4) is 0 Å². The zero-order valence-corrected chi connectivity index (χ0v) is 17.0. The molecule has 140 valence electrons. The van der Waals surface area contributed by atoms with E-state index in [1.54, 1.807) is 11.3 Å². The van der Waals surface area contributed by atoms with Crippen LogP contribution >= 0.6 is 11.3 Å². The van der Waals surface area contributed by atoms with Crippen molar-refractivity contribution in [1.29, 1.82) is 0 Å². The van der Waals surface area contributed by atoms with Gasteiger partial charge in [0.15, 0.2) is 10.7 Å². The van der Waals surface area contributed by atoms with Crippen LogP contribution in [0.15, 0.2) is 6.08 Å². The molecule has 3 heterocycles. The molecular weight excluding hydrogens is 346 g/mol. The van der Waals surface area contributed by atoms with E-state index < -0.39 is 5.97 Å². The molecule has 2 aliphatic rings. The first-order valence-corrected chi connectivity index (χ1v) is 10.1. The number of carboxylic acid groups (broad SMARTS) is 1. The van der Waals surface area contributed by atoms with Crippen LogP contribution in [0.25, 0.3) is 10.5 Å². The first-order valence-electron chi connectivity index (χ1n) is 9.25. The van der Waals surface area contributed by atoms with E-state index in [9.17, 15) is 9.90 Å². The predicted octanol–water partition coefficient (Wildman–Crippen LogP) is 4.06. The zero-order chi connectivity index (χ0) is 18.9. The number of hydrogen-bond acceptors (Lipinski definition) is 4. The van der Waals surface area contributed by atoms with Crippen molar-refractivity contribution in [3.63, 3.8) is 0 Å². The molecule has 1 N–H and O–H groups in total. The van der Waals surface area contributed by atoms with Crippen LogP contribution in [-0.2, 0) is 11.8 Å². The molecule has 1 aliphatic heterocycles. The van der Waals surface area contributed by atoms with E-state index in [0.29, 0.717) is 0 Å². The van der Waals surface area contributed by atoms with Gasteiger partial charge in [-0.25, -0.2) is 9.78 Å². The van der Waals surface area contributed by atoms with Gasteiger partial charge in [-0.2, -0.15) is 0 Å². The van der Waals surface area contributed by atoms with E-state index in [-0.39, 0.29) is 16.5 Å². The van der Waals surface area contributed by atoms with E-state index in [1.165, 1.54) is 10.6 Å². The van der Waals surface area contributed by atoms with Gasteiger partial charge in [0.1, 0.15) is 0 Å². The van der Waals surface area contributed by atoms with Gasteiger partial charge >= 0.3 is 5.97 Å². The van der Waals surface area contributed by atoms with E-state index in [0.717, 1.165) is 48.6 Å². The number of rotatable bonds is 2. The third-order valence-corrected chi connectivity index (χ3v) is 7.12. The maximum Gasteiger partial charge on any atom is 0.356 e. The van der Waals surface area contributed by atoms with E-state index in [4.69, 9.17) is 0 Å². The molecule has 0 saturated heterocycles. The first kappa shape index (κ1) is 17.7. The van der Waals surface area contributed by atoms with Crippen LogP contribution in [0.1, 0.15) is 67.3 Å². The Balaban J connectivity index is 1.99. The Labute approximate surface area is 158 Å². The lowest BCUT2D eigenvalue weighted by Gasteiger charge is -2.40. The molecule has 4 rings (SSSR count). The fourth-order valence-electron chi connectivity index (χ4n) is 4.88. The average molecular weight is 374 g/mol. The number of aromatic nitrogens is 2. The highest BCUT2D eigenvalue weighted by Crippen LogP contribution is 2.49. The van der Waals surface area contributed by atoms with Gasteiger partial charge in [-0.05, 0) is 37.3 Å². The summed E-state index contributed by atoms with van der Waals surface area (Å²) in [6.45, 7) is 11.0. The molecule has 0 amide bonds. The van der Waals surface area contributed by atoms with Gasteiger partial charge in [0.05, 0.1) is 5.69 Å². The number of fused-ring (bicyclic) bond motifs is 3. The van der Waals surface area contributed by atoms with Crippen LogP contribution in [0, 0.1) is 5.41 Å². The van der Waals surface area contributed by atoms with Gasteiger partial charge in [0.2, 0.25) is 0 Å². The highest BCUT2D eigenvalue weighted by atomic mass is 32.1. The summed E-state index contributed by atoms with van der Waals surface area (Å²) in [5.41, 5.74) is 3.68. The van der Waals surface area contributed by atoms with Gasteiger partial charge in [-0.3, -0.25) is 4.40 Å². The number of aromatic carboxylic acids is 1. The number of likely N-dealkylation sites (N-methyl/N-ethyl adjacent to an activating group) is 1. The summed E-state index contributed by atoms with van der Waals surface area (Å²) in [5, 5.41) is 9.77. The molecule has 5 nitrogen and oxygen atoms in total. The summed E-state index contributed by atoms with van der Waals surface area (Å²) < 4.78 is 2.17. The molecule has 0 fully saturated rings. The molecule has 0 bridgehead atoms. The van der Waals surface area contributed by atoms with Gasteiger partial charge in [-0.15, -0.1) is 11.3 Å². The van der Waals surface area contributed by atoms with E-state index >= 15 is 0 Å². The second-order valence-electron chi connectivity index (χ2n) is 9.25. The minimum atomic E-state index is -0.932. The number of thiazole rings is 1. The maximum atomic E-state index is 11.9. The number of imidazole rings is 1. The van der Waals surface area contributed by atoms with Gasteiger partial charge in [0, 0.05) is 29.1 Å². The Morgan fingerprint density at radius 2 is 2.04 bits per heavy atom. The Morgan fingerprint density at radius 3 is 2.65 bits per heavy atom. The van der Waals surface area contributed by atoms with E-state index in [1.807, 2.05) is 0 Å². The fourth-order valence-corrected chi connectivity index (χ4v) is 6.12. The molecule has 0 unspecified atom stereocenters. The topological polar surface area (TPSA) is 57.8 Å². The minimum Gasteiger partial charge on any atom is -0.476 e. The Bertz CT molecular complexity index is 933. The number of carbonyl (C=O) groups is 1. The molecule has 2 aromatic rings. The predicted molar refractivity (Wildman–Crippen MR) is 105 cm³/mol. The smallest absolute Gasteiger partial charge is 0.356 e. The summed E-state index contributed by atoms with van der Waals surface area (Å²) in [4.78, 5) is 20.9. The minimum absolute atomic E-state index is 0.0876. The fraction of sp³-hybridized carbons (Fsp3) is 0.600. The Morgan fingerprint density at radius 1 is 1.31 bits per heavy atom. The lowest BCUT2D eigenvalue weighted by Crippen LogP contribution is -2.34. The summed E-state index contributed by atoms with van der Waals surface area (Å²) in [6, 6.07) is 0. The quantitative estimate of drug-likeness (QED) is 0.862. The number of carboxylic acids is 1. The van der Waals surface area contributed by atoms with Crippen LogP contribution in [0.2, 0.25) is 0 Å². The highest BCUT2D eigenvalue weighted by molar-refractivity contribution is 7.17. The van der Waals surface area contributed by atoms with E-state index in [2.05, 4.69) is 55.1 Å². The number of nitrogens with zero attached hydrogens (tertiary/aromatic N) is 3. The lowest BCUT2D eigenvalue weighted by atomic mass is 9.67. The summed E-state index contributed by atoms with van der Waals surface area (Å²) in [5.74, 6) is -0.932.